The smallest absolute Gasteiger partial charge is 0.264 e. The van der Waals surface area contributed by atoms with E-state index in [1.54, 1.807) is 18.2 Å². The molecule has 3 aromatic heterocycles. The van der Waals surface area contributed by atoms with Crippen LogP contribution in [0.5, 0.6) is 5.75 Å². The number of H-pyrrole nitrogens is 1. The highest BCUT2D eigenvalue weighted by atomic mass is 32.1. The van der Waals surface area contributed by atoms with Gasteiger partial charge in [0, 0.05) is 23.9 Å². The molecular formula is C27H28N8O3S. The molecule has 5 heterocycles. The number of allylic oxidation sites excluding steroid dienone is 2. The molecule has 2 aliphatic rings. The van der Waals surface area contributed by atoms with Crippen molar-refractivity contribution in [1.29, 1.82) is 0 Å². The molecule has 2 aliphatic heterocycles. The van der Waals surface area contributed by atoms with Crippen molar-refractivity contribution < 1.29 is 14.3 Å². The number of aromatic amines is 1. The highest BCUT2D eigenvalue weighted by molar-refractivity contribution is 7.20. The third-order valence-electron chi connectivity index (χ3n) is 7.07. The number of tetrazole rings is 1. The second-order valence-corrected chi connectivity index (χ2v) is 10.8. The summed E-state index contributed by atoms with van der Waals surface area (Å²) in [5.74, 6) is 0.864. The van der Waals surface area contributed by atoms with Crippen LogP contribution in [0.4, 0.5) is 0 Å². The van der Waals surface area contributed by atoms with Crippen molar-refractivity contribution in [2.75, 3.05) is 19.7 Å². The highest BCUT2D eigenvalue weighted by Gasteiger charge is 2.29. The van der Waals surface area contributed by atoms with Crippen LogP contribution >= 0.6 is 11.3 Å². The highest BCUT2D eigenvalue weighted by Crippen LogP contribution is 2.33. The summed E-state index contributed by atoms with van der Waals surface area (Å²) in [4.78, 5) is 30.2. The molecule has 6 rings (SSSR count). The van der Waals surface area contributed by atoms with E-state index in [0.717, 1.165) is 15.9 Å². The summed E-state index contributed by atoms with van der Waals surface area (Å²) in [6.45, 7) is 5.24. The molecule has 0 radical (unpaired) electrons. The number of nitrogens with one attached hydrogen (secondary N) is 2. The van der Waals surface area contributed by atoms with E-state index >= 15 is 0 Å². The fourth-order valence-corrected chi connectivity index (χ4v) is 6.15. The largest absolute Gasteiger partial charge is 0.491 e. The van der Waals surface area contributed by atoms with Crippen molar-refractivity contribution in [1.82, 2.24) is 40.6 Å². The molecule has 1 unspecified atom stereocenters. The lowest BCUT2D eigenvalue weighted by Crippen LogP contribution is -2.42. The standard InChI is InChI=1S/C27H28N8O3S/c1-17-19-16-23(39-26(19)35(31-17)27(2)10-4-5-11-28-27)25(37)34-12-6-3-7-21(36)20-15-18(24-29-32-33-30-24)8-9-22(20)38-14-13-34/h4-5,8-11,15-16,28H,3,6-7,12-14H2,1-2H3,(H,29,30,32,33). The van der Waals surface area contributed by atoms with Crippen LogP contribution in [-0.4, -0.2) is 66.7 Å². The molecular weight excluding hydrogens is 516 g/mol. The first kappa shape index (κ1) is 25.0. The summed E-state index contributed by atoms with van der Waals surface area (Å²) < 4.78 is 7.99. The molecule has 12 heteroatoms. The van der Waals surface area contributed by atoms with Gasteiger partial charge in [-0.15, -0.1) is 21.5 Å². The first-order valence-electron chi connectivity index (χ1n) is 12.9. The summed E-state index contributed by atoms with van der Waals surface area (Å²) in [5.41, 5.74) is 1.55. The van der Waals surface area contributed by atoms with Gasteiger partial charge in [0.2, 0.25) is 5.82 Å². The van der Waals surface area contributed by atoms with Crippen molar-refractivity contribution in [3.05, 3.63) is 64.8 Å². The maximum atomic E-state index is 13.7. The van der Waals surface area contributed by atoms with Crippen molar-refractivity contribution in [3.63, 3.8) is 0 Å². The van der Waals surface area contributed by atoms with Gasteiger partial charge in [0.25, 0.3) is 5.91 Å². The zero-order chi connectivity index (χ0) is 27.0. The van der Waals surface area contributed by atoms with Crippen LogP contribution in [0.25, 0.3) is 21.6 Å². The molecule has 0 spiro atoms. The number of benzene rings is 1. The molecule has 0 fully saturated rings. The van der Waals surface area contributed by atoms with Crippen molar-refractivity contribution in [3.8, 4) is 17.1 Å². The second kappa shape index (κ2) is 10.1. The van der Waals surface area contributed by atoms with Crippen LogP contribution < -0.4 is 10.1 Å². The number of fused-ring (bicyclic) bond motifs is 2. The second-order valence-electron chi connectivity index (χ2n) is 9.80. The van der Waals surface area contributed by atoms with E-state index in [9.17, 15) is 9.59 Å². The summed E-state index contributed by atoms with van der Waals surface area (Å²) >= 11 is 1.45. The number of ketones is 1. The number of hydrogen-bond donors (Lipinski definition) is 2. The molecule has 1 atom stereocenters. The summed E-state index contributed by atoms with van der Waals surface area (Å²) in [6.07, 6.45) is 9.62. The maximum absolute atomic E-state index is 13.7. The van der Waals surface area contributed by atoms with Gasteiger partial charge in [0.05, 0.1) is 22.7 Å². The van der Waals surface area contributed by atoms with E-state index in [-0.39, 0.29) is 18.3 Å². The Morgan fingerprint density at radius 1 is 1.18 bits per heavy atom. The van der Waals surface area contributed by atoms with Gasteiger partial charge in [-0.25, -0.2) is 4.68 Å². The van der Waals surface area contributed by atoms with Crippen molar-refractivity contribution >= 4 is 33.2 Å². The number of Topliss-reactive ketones (excluding diaryl/α,β-unsaturated/α-hetero) is 1. The van der Waals surface area contributed by atoms with E-state index in [1.807, 2.05) is 40.9 Å². The van der Waals surface area contributed by atoms with E-state index in [2.05, 4.69) is 38.9 Å². The molecule has 0 saturated heterocycles. The van der Waals surface area contributed by atoms with Gasteiger partial charge in [-0.05, 0) is 74.5 Å². The lowest BCUT2D eigenvalue weighted by molar-refractivity contribution is 0.0732. The summed E-state index contributed by atoms with van der Waals surface area (Å²) in [7, 11) is 0. The maximum Gasteiger partial charge on any atom is 0.264 e. The van der Waals surface area contributed by atoms with E-state index < -0.39 is 5.66 Å². The van der Waals surface area contributed by atoms with Gasteiger partial charge >= 0.3 is 0 Å². The Balaban J connectivity index is 1.23. The lowest BCUT2D eigenvalue weighted by atomic mass is 10.0. The van der Waals surface area contributed by atoms with Gasteiger partial charge in [0.15, 0.2) is 5.78 Å². The molecule has 2 N–H and O–H groups in total. The number of carbonyl (C=O) groups excluding carboxylic acids is 2. The molecule has 1 aromatic carbocycles. The average Bonchev–Trinajstić information content (AvgIpc) is 3.68. The van der Waals surface area contributed by atoms with Gasteiger partial charge in [0.1, 0.15) is 22.8 Å². The monoisotopic (exact) mass is 544 g/mol. The van der Waals surface area contributed by atoms with Crippen LogP contribution in [0.2, 0.25) is 0 Å². The average molecular weight is 545 g/mol. The normalized spacial score (nSPS) is 19.8. The number of aromatic nitrogens is 6. The van der Waals surface area contributed by atoms with Crippen molar-refractivity contribution in [2.45, 2.75) is 38.8 Å². The topological polar surface area (TPSA) is 131 Å². The van der Waals surface area contributed by atoms with Gasteiger partial charge in [-0.1, -0.05) is 6.08 Å². The predicted molar refractivity (Wildman–Crippen MR) is 147 cm³/mol. The van der Waals surface area contributed by atoms with Gasteiger partial charge < -0.3 is 15.0 Å². The molecule has 39 heavy (non-hydrogen) atoms. The SMILES string of the molecule is Cc1nn(C2(C)C=CC=CN2)c2sc(C(=O)N3CCCCC(=O)c4cc(-c5nn[nH]n5)ccc4OCC3)cc12. The Morgan fingerprint density at radius 2 is 2.08 bits per heavy atom. The Morgan fingerprint density at radius 3 is 2.87 bits per heavy atom. The van der Waals surface area contributed by atoms with Gasteiger partial charge in [-0.3, -0.25) is 9.59 Å². The Bertz CT molecular complexity index is 1600. The molecule has 0 bridgehead atoms. The number of thiophene rings is 1. The Kier molecular flexibility index (Phi) is 6.47. The fraction of sp³-hybridized carbons (Fsp3) is 0.333. The first-order chi connectivity index (χ1) is 18.9. The van der Waals surface area contributed by atoms with Crippen LogP contribution in [-0.2, 0) is 5.66 Å². The number of aryl methyl sites for hydroxylation is 1. The number of ether oxygens (including phenoxy) is 1. The molecule has 4 aromatic rings. The molecule has 1 amide bonds. The van der Waals surface area contributed by atoms with Crippen LogP contribution in [0.1, 0.15) is 51.9 Å². The van der Waals surface area contributed by atoms with E-state index in [4.69, 9.17) is 9.84 Å². The fourth-order valence-electron chi connectivity index (χ4n) is 4.92. The first-order valence-corrected chi connectivity index (χ1v) is 13.7. The molecule has 0 aliphatic carbocycles. The minimum absolute atomic E-state index is 0.00614. The molecule has 11 nitrogen and oxygen atoms in total. The third kappa shape index (κ3) is 4.71. The number of hydrogen-bond acceptors (Lipinski definition) is 9. The Labute approximate surface area is 228 Å². The third-order valence-corrected chi connectivity index (χ3v) is 8.17. The minimum atomic E-state index is -0.515. The zero-order valence-electron chi connectivity index (χ0n) is 21.7. The quantitative estimate of drug-likeness (QED) is 0.398. The molecule has 200 valence electrons. The number of nitrogens with zero attached hydrogens (tertiary/aromatic N) is 6. The minimum Gasteiger partial charge on any atom is -0.491 e. The molecule has 0 saturated carbocycles. The van der Waals surface area contributed by atoms with E-state index in [1.165, 1.54) is 11.3 Å². The van der Waals surface area contributed by atoms with Gasteiger partial charge in [-0.2, -0.15) is 10.3 Å². The zero-order valence-corrected chi connectivity index (χ0v) is 22.5. The van der Waals surface area contributed by atoms with E-state index in [0.29, 0.717) is 59.9 Å². The van der Waals surface area contributed by atoms with Crippen LogP contribution in [0.15, 0.2) is 48.7 Å². The van der Waals surface area contributed by atoms with Crippen LogP contribution in [0.3, 0.4) is 0 Å². The predicted octanol–water partition coefficient (Wildman–Crippen LogP) is 3.82. The summed E-state index contributed by atoms with van der Waals surface area (Å²) in [5, 5.41) is 23.1. The number of rotatable bonds is 3. The summed E-state index contributed by atoms with van der Waals surface area (Å²) in [6, 6.07) is 7.25. The number of carbonyl (C=O) groups is 2. The van der Waals surface area contributed by atoms with Crippen LogP contribution in [0, 0.1) is 6.92 Å². The van der Waals surface area contributed by atoms with Crippen molar-refractivity contribution in [2.24, 2.45) is 0 Å². The number of dihydropyridines is 1. The Hall–Kier alpha value is -4.32. The lowest BCUT2D eigenvalue weighted by Gasteiger charge is -2.29. The number of amides is 1.